The number of nitro benzene ring substituents is 1. The molecule has 0 saturated carbocycles. The second kappa shape index (κ2) is 7.80. The number of nitrogens with zero attached hydrogens (tertiary/aromatic N) is 5. The Morgan fingerprint density at radius 3 is 2.62 bits per heavy atom. The van der Waals surface area contributed by atoms with E-state index in [0.29, 0.717) is 42.7 Å². The van der Waals surface area contributed by atoms with Crippen molar-refractivity contribution in [2.24, 2.45) is 0 Å². The largest absolute Gasteiger partial charge is 0.420 e. The number of fused-ring (bicyclic) bond motifs is 2. The van der Waals surface area contributed by atoms with Crippen LogP contribution in [0.5, 0.6) is 0 Å². The van der Waals surface area contributed by atoms with Gasteiger partial charge in [-0.2, -0.15) is 0 Å². The summed E-state index contributed by atoms with van der Waals surface area (Å²) in [5, 5.41) is 12.6. The fraction of sp³-hybridized carbons (Fsp3) is 0.227. The highest BCUT2D eigenvalue weighted by atomic mass is 16.6. The molecule has 10 heteroatoms. The fourth-order valence-corrected chi connectivity index (χ4v) is 4.19. The molecule has 0 aliphatic carbocycles. The number of oxazole rings is 1. The van der Waals surface area contributed by atoms with Crippen LogP contribution in [0.3, 0.4) is 0 Å². The average Bonchev–Trinajstić information content (AvgIpc) is 3.13. The first-order valence-electron chi connectivity index (χ1n) is 10.1. The van der Waals surface area contributed by atoms with Crippen LogP contribution in [0.25, 0.3) is 21.9 Å². The molecule has 2 aromatic carbocycles. The summed E-state index contributed by atoms with van der Waals surface area (Å²) in [4.78, 5) is 43.8. The lowest BCUT2D eigenvalue weighted by atomic mass is 10.1. The molecule has 0 radical (unpaired) electrons. The Morgan fingerprint density at radius 1 is 1.06 bits per heavy atom. The second-order valence-electron chi connectivity index (χ2n) is 7.57. The van der Waals surface area contributed by atoms with E-state index in [1.165, 1.54) is 16.8 Å². The highest BCUT2D eigenvalue weighted by Gasteiger charge is 2.25. The number of amides is 1. The monoisotopic (exact) mass is 433 g/mol. The summed E-state index contributed by atoms with van der Waals surface area (Å²) in [7, 11) is 0. The lowest BCUT2D eigenvalue weighted by Gasteiger charge is -2.36. The van der Waals surface area contributed by atoms with Gasteiger partial charge in [0.2, 0.25) is 5.91 Å². The number of hydrogen-bond donors (Lipinski definition) is 0. The molecule has 1 aliphatic rings. The summed E-state index contributed by atoms with van der Waals surface area (Å²) in [6.07, 6.45) is 3.12. The summed E-state index contributed by atoms with van der Waals surface area (Å²) < 4.78 is 6.55. The van der Waals surface area contributed by atoms with Crippen molar-refractivity contribution in [2.75, 3.05) is 31.1 Å². The SMILES string of the molecule is O=C(Cn1c(=O)oc2ccccc21)N1CCN(c2ccc([N+](=O)[O-])c3cnccc23)CC1. The molecule has 0 N–H and O–H groups in total. The van der Waals surface area contributed by atoms with Gasteiger partial charge in [-0.15, -0.1) is 0 Å². The number of anilines is 1. The van der Waals surface area contributed by atoms with Crippen LogP contribution in [0.4, 0.5) is 11.4 Å². The molecule has 0 spiro atoms. The number of non-ortho nitro benzene ring substituents is 1. The number of hydrogen-bond acceptors (Lipinski definition) is 7. The standard InChI is InChI=1S/C22H19N5O5/c28-21(14-26-19-3-1-2-4-20(19)32-22(26)29)25-11-9-24(10-12-25)17-5-6-18(27(30)31)16-13-23-8-7-15(16)17/h1-8,13H,9-12,14H2. The first-order valence-corrected chi connectivity index (χ1v) is 10.1. The summed E-state index contributed by atoms with van der Waals surface area (Å²) in [6, 6.07) is 12.0. The van der Waals surface area contributed by atoms with E-state index in [1.807, 2.05) is 0 Å². The van der Waals surface area contributed by atoms with Crippen molar-refractivity contribution < 1.29 is 14.1 Å². The molecule has 1 amide bonds. The van der Waals surface area contributed by atoms with E-state index in [1.54, 1.807) is 47.5 Å². The van der Waals surface area contributed by atoms with Crippen LogP contribution in [0.2, 0.25) is 0 Å². The zero-order valence-electron chi connectivity index (χ0n) is 17.0. The van der Waals surface area contributed by atoms with Gasteiger partial charge in [0.05, 0.1) is 15.8 Å². The molecular formula is C22H19N5O5. The van der Waals surface area contributed by atoms with Crippen molar-refractivity contribution in [3.05, 3.63) is 75.5 Å². The molecule has 5 rings (SSSR count). The number of para-hydroxylation sites is 2. The van der Waals surface area contributed by atoms with E-state index in [4.69, 9.17) is 4.42 Å². The Morgan fingerprint density at radius 2 is 1.84 bits per heavy atom. The van der Waals surface area contributed by atoms with Gasteiger partial charge in [0.25, 0.3) is 5.69 Å². The summed E-state index contributed by atoms with van der Waals surface area (Å²) >= 11 is 0. The maximum absolute atomic E-state index is 12.9. The highest BCUT2D eigenvalue weighted by molar-refractivity contribution is 5.99. The van der Waals surface area contributed by atoms with E-state index >= 15 is 0 Å². The Labute approximate surface area is 181 Å². The third-order valence-corrected chi connectivity index (χ3v) is 5.81. The van der Waals surface area contributed by atoms with Gasteiger partial charge >= 0.3 is 5.76 Å². The number of pyridine rings is 1. The Balaban J connectivity index is 1.33. The van der Waals surface area contributed by atoms with Crippen molar-refractivity contribution in [1.29, 1.82) is 0 Å². The Hall–Kier alpha value is -4.21. The lowest BCUT2D eigenvalue weighted by Crippen LogP contribution is -2.50. The van der Waals surface area contributed by atoms with E-state index in [2.05, 4.69) is 9.88 Å². The number of aromatic nitrogens is 2. The Kier molecular flexibility index (Phi) is 4.81. The van der Waals surface area contributed by atoms with Gasteiger partial charge in [-0.25, -0.2) is 4.79 Å². The molecule has 1 saturated heterocycles. The molecule has 0 atom stereocenters. The third kappa shape index (κ3) is 3.35. The zero-order chi connectivity index (χ0) is 22.2. The lowest BCUT2D eigenvalue weighted by molar-refractivity contribution is -0.383. The van der Waals surface area contributed by atoms with Crippen LogP contribution < -0.4 is 10.7 Å². The van der Waals surface area contributed by atoms with Gasteiger partial charge in [0.15, 0.2) is 5.58 Å². The molecule has 32 heavy (non-hydrogen) atoms. The van der Waals surface area contributed by atoms with Crippen LogP contribution >= 0.6 is 0 Å². The van der Waals surface area contributed by atoms with E-state index in [-0.39, 0.29) is 18.1 Å². The molecule has 0 bridgehead atoms. The van der Waals surface area contributed by atoms with Crippen molar-refractivity contribution in [1.82, 2.24) is 14.5 Å². The molecular weight excluding hydrogens is 414 g/mol. The van der Waals surface area contributed by atoms with Crippen LogP contribution in [-0.2, 0) is 11.3 Å². The first-order chi connectivity index (χ1) is 15.5. The number of carbonyl (C=O) groups excluding carboxylic acids is 1. The number of benzene rings is 2. The highest BCUT2D eigenvalue weighted by Crippen LogP contribution is 2.33. The predicted octanol–water partition coefficient (Wildman–Crippen LogP) is 2.40. The quantitative estimate of drug-likeness (QED) is 0.358. The van der Waals surface area contributed by atoms with Gasteiger partial charge in [-0.05, 0) is 24.3 Å². The van der Waals surface area contributed by atoms with Crippen LogP contribution in [-0.4, -0.2) is 51.5 Å². The number of piperazine rings is 1. The number of nitro groups is 1. The van der Waals surface area contributed by atoms with Crippen molar-refractivity contribution in [3.8, 4) is 0 Å². The summed E-state index contributed by atoms with van der Waals surface area (Å²) in [6.45, 7) is 2.02. The maximum atomic E-state index is 12.9. The fourth-order valence-electron chi connectivity index (χ4n) is 4.19. The number of carbonyl (C=O) groups is 1. The second-order valence-corrected chi connectivity index (χ2v) is 7.57. The molecule has 1 fully saturated rings. The molecule has 3 heterocycles. The molecule has 2 aromatic heterocycles. The van der Waals surface area contributed by atoms with Gasteiger partial charge in [-0.1, -0.05) is 12.1 Å². The normalized spacial score (nSPS) is 14.2. The summed E-state index contributed by atoms with van der Waals surface area (Å²) in [5.41, 5.74) is 1.94. The molecule has 1 aliphatic heterocycles. The van der Waals surface area contributed by atoms with Gasteiger partial charge in [-0.3, -0.25) is 24.5 Å². The minimum Gasteiger partial charge on any atom is -0.408 e. The zero-order valence-corrected chi connectivity index (χ0v) is 17.0. The molecule has 10 nitrogen and oxygen atoms in total. The minimum absolute atomic E-state index is 0.0171. The smallest absolute Gasteiger partial charge is 0.408 e. The van der Waals surface area contributed by atoms with Crippen molar-refractivity contribution >= 4 is 39.2 Å². The molecule has 162 valence electrons. The predicted molar refractivity (Wildman–Crippen MR) is 118 cm³/mol. The average molecular weight is 433 g/mol. The van der Waals surface area contributed by atoms with Gasteiger partial charge < -0.3 is 14.2 Å². The molecule has 4 aromatic rings. The Bertz CT molecular complexity index is 1400. The first kappa shape index (κ1) is 19.7. The molecule has 0 unspecified atom stereocenters. The van der Waals surface area contributed by atoms with Crippen molar-refractivity contribution in [2.45, 2.75) is 6.54 Å². The van der Waals surface area contributed by atoms with Crippen LogP contribution in [0, 0.1) is 10.1 Å². The maximum Gasteiger partial charge on any atom is 0.420 e. The minimum atomic E-state index is -0.552. The van der Waals surface area contributed by atoms with Gasteiger partial charge in [0.1, 0.15) is 6.54 Å². The van der Waals surface area contributed by atoms with E-state index in [9.17, 15) is 19.7 Å². The third-order valence-electron chi connectivity index (χ3n) is 5.81. The number of rotatable bonds is 4. The van der Waals surface area contributed by atoms with Crippen molar-refractivity contribution in [3.63, 3.8) is 0 Å². The van der Waals surface area contributed by atoms with E-state index < -0.39 is 10.7 Å². The topological polar surface area (TPSA) is 115 Å². The van der Waals surface area contributed by atoms with Gasteiger partial charge in [0, 0.05) is 55.7 Å². The summed E-state index contributed by atoms with van der Waals surface area (Å²) in [5.74, 6) is -0.708. The van der Waals surface area contributed by atoms with Crippen LogP contribution in [0.1, 0.15) is 0 Å². The van der Waals surface area contributed by atoms with E-state index in [0.717, 1.165) is 11.1 Å². The van der Waals surface area contributed by atoms with Crippen LogP contribution in [0.15, 0.2) is 64.1 Å².